The van der Waals surface area contributed by atoms with E-state index in [1.54, 1.807) is 6.20 Å². The lowest BCUT2D eigenvalue weighted by Crippen LogP contribution is -2.07. The van der Waals surface area contributed by atoms with Crippen molar-refractivity contribution in [1.29, 1.82) is 0 Å². The third-order valence-electron chi connectivity index (χ3n) is 2.81. The van der Waals surface area contributed by atoms with Gasteiger partial charge < -0.3 is 5.73 Å². The van der Waals surface area contributed by atoms with Gasteiger partial charge in [-0.05, 0) is 36.7 Å². The van der Waals surface area contributed by atoms with Gasteiger partial charge in [-0.1, -0.05) is 19.1 Å². The van der Waals surface area contributed by atoms with Gasteiger partial charge in [0.2, 0.25) is 0 Å². The fourth-order valence-corrected chi connectivity index (χ4v) is 2.70. The van der Waals surface area contributed by atoms with Crippen LogP contribution in [0.3, 0.4) is 0 Å². The molecular formula is C14H19N3S. The van der Waals surface area contributed by atoms with Crippen LogP contribution in [0, 0.1) is 0 Å². The van der Waals surface area contributed by atoms with Gasteiger partial charge in [-0.15, -0.1) is 0 Å². The van der Waals surface area contributed by atoms with E-state index in [0.717, 1.165) is 24.4 Å². The Morgan fingerprint density at radius 1 is 1.33 bits per heavy atom. The zero-order chi connectivity index (χ0) is 12.8. The van der Waals surface area contributed by atoms with E-state index in [1.807, 2.05) is 28.7 Å². The minimum absolute atomic E-state index is 0.626. The maximum Gasteiger partial charge on any atom is 0.0645 e. The van der Waals surface area contributed by atoms with Crippen molar-refractivity contribution < 1.29 is 0 Å². The lowest BCUT2D eigenvalue weighted by Gasteiger charge is -2.10. The standard InChI is InChI=1S/C14H19N3S/c1-12(7-8-15)18-11-13-3-5-14(6-4-13)17-10-2-9-16-17/h2-6,9-10,12H,7-8,11,15H2,1H3. The molecule has 2 aromatic rings. The van der Waals surface area contributed by atoms with Crippen LogP contribution in [0.5, 0.6) is 0 Å². The summed E-state index contributed by atoms with van der Waals surface area (Å²) in [5.41, 5.74) is 8.00. The molecule has 0 saturated carbocycles. The molecule has 4 heteroatoms. The molecule has 1 atom stereocenters. The Morgan fingerprint density at radius 2 is 2.11 bits per heavy atom. The lowest BCUT2D eigenvalue weighted by atomic mass is 10.2. The van der Waals surface area contributed by atoms with Crippen LogP contribution in [0.1, 0.15) is 18.9 Å². The maximum atomic E-state index is 5.55. The first-order valence-electron chi connectivity index (χ1n) is 6.20. The predicted molar refractivity (Wildman–Crippen MR) is 78.0 cm³/mol. The van der Waals surface area contributed by atoms with E-state index in [1.165, 1.54) is 5.56 Å². The van der Waals surface area contributed by atoms with Crippen LogP contribution in [0.15, 0.2) is 42.7 Å². The first-order valence-corrected chi connectivity index (χ1v) is 7.25. The van der Waals surface area contributed by atoms with E-state index < -0.39 is 0 Å². The van der Waals surface area contributed by atoms with Crippen LogP contribution in [-0.2, 0) is 5.75 Å². The quantitative estimate of drug-likeness (QED) is 0.869. The molecule has 1 heterocycles. The van der Waals surface area contributed by atoms with Crippen molar-refractivity contribution in [3.63, 3.8) is 0 Å². The van der Waals surface area contributed by atoms with E-state index in [2.05, 4.69) is 36.3 Å². The number of hydrogen-bond acceptors (Lipinski definition) is 3. The van der Waals surface area contributed by atoms with Gasteiger partial charge in [-0.3, -0.25) is 0 Å². The first-order chi connectivity index (χ1) is 8.79. The molecule has 1 aromatic carbocycles. The van der Waals surface area contributed by atoms with Crippen molar-refractivity contribution in [1.82, 2.24) is 9.78 Å². The lowest BCUT2D eigenvalue weighted by molar-refractivity contribution is 0.823. The summed E-state index contributed by atoms with van der Waals surface area (Å²) in [6.45, 7) is 3.00. The van der Waals surface area contributed by atoms with Crippen LogP contribution in [-0.4, -0.2) is 21.6 Å². The first kappa shape index (κ1) is 13.2. The Balaban J connectivity index is 1.92. The van der Waals surface area contributed by atoms with Crippen molar-refractivity contribution >= 4 is 11.8 Å². The molecule has 18 heavy (non-hydrogen) atoms. The summed E-state index contributed by atoms with van der Waals surface area (Å²) in [5.74, 6) is 1.04. The SMILES string of the molecule is CC(CCN)SCc1ccc(-n2cccn2)cc1. The summed E-state index contributed by atoms with van der Waals surface area (Å²) in [6.07, 6.45) is 4.82. The molecule has 0 aliphatic rings. The number of aromatic nitrogens is 2. The Hall–Kier alpha value is -1.26. The Morgan fingerprint density at radius 3 is 2.72 bits per heavy atom. The van der Waals surface area contributed by atoms with Crippen molar-refractivity contribution in [3.8, 4) is 5.69 Å². The summed E-state index contributed by atoms with van der Waals surface area (Å²) >= 11 is 1.95. The number of nitrogens with zero attached hydrogens (tertiary/aromatic N) is 2. The zero-order valence-electron chi connectivity index (χ0n) is 10.6. The van der Waals surface area contributed by atoms with Crippen molar-refractivity contribution in [2.24, 2.45) is 5.73 Å². The summed E-state index contributed by atoms with van der Waals surface area (Å²) in [7, 11) is 0. The highest BCUT2D eigenvalue weighted by atomic mass is 32.2. The molecule has 1 unspecified atom stereocenters. The van der Waals surface area contributed by atoms with E-state index >= 15 is 0 Å². The Kier molecular flexibility index (Phi) is 4.84. The van der Waals surface area contributed by atoms with E-state index in [-0.39, 0.29) is 0 Å². The molecule has 0 saturated heterocycles. The average Bonchev–Trinajstić information content (AvgIpc) is 2.91. The normalized spacial score (nSPS) is 12.6. The second-order valence-electron chi connectivity index (χ2n) is 4.32. The number of nitrogens with two attached hydrogens (primary N) is 1. The number of thioether (sulfide) groups is 1. The van der Waals surface area contributed by atoms with Gasteiger partial charge >= 0.3 is 0 Å². The summed E-state index contributed by atoms with van der Waals surface area (Å²) in [4.78, 5) is 0. The number of rotatable bonds is 6. The molecule has 0 fully saturated rings. The molecule has 2 N–H and O–H groups in total. The van der Waals surface area contributed by atoms with Crippen molar-refractivity contribution in [2.45, 2.75) is 24.3 Å². The molecule has 3 nitrogen and oxygen atoms in total. The molecule has 0 aliphatic carbocycles. The van der Waals surface area contributed by atoms with E-state index in [9.17, 15) is 0 Å². The molecule has 1 aromatic heterocycles. The zero-order valence-corrected chi connectivity index (χ0v) is 11.4. The van der Waals surface area contributed by atoms with Crippen LogP contribution in [0.25, 0.3) is 5.69 Å². The summed E-state index contributed by atoms with van der Waals surface area (Å²) in [6, 6.07) is 10.5. The fraction of sp³-hybridized carbons (Fsp3) is 0.357. The Labute approximate surface area is 112 Å². The fourth-order valence-electron chi connectivity index (χ4n) is 1.72. The number of benzene rings is 1. The molecule has 0 bridgehead atoms. The molecule has 0 amide bonds. The van der Waals surface area contributed by atoms with Crippen LogP contribution in [0.2, 0.25) is 0 Å². The van der Waals surface area contributed by atoms with Crippen molar-refractivity contribution in [3.05, 3.63) is 48.3 Å². The van der Waals surface area contributed by atoms with Crippen LogP contribution in [0.4, 0.5) is 0 Å². The topological polar surface area (TPSA) is 43.8 Å². The molecule has 2 rings (SSSR count). The van der Waals surface area contributed by atoms with Gasteiger partial charge in [0.25, 0.3) is 0 Å². The second-order valence-corrected chi connectivity index (χ2v) is 5.74. The van der Waals surface area contributed by atoms with Gasteiger partial charge in [0.15, 0.2) is 0 Å². The molecule has 0 aliphatic heterocycles. The van der Waals surface area contributed by atoms with Crippen LogP contribution < -0.4 is 5.73 Å². The summed E-state index contributed by atoms with van der Waals surface area (Å²) in [5, 5.41) is 4.84. The Bertz CT molecular complexity index is 450. The monoisotopic (exact) mass is 261 g/mol. The molecular weight excluding hydrogens is 242 g/mol. The van der Waals surface area contributed by atoms with Gasteiger partial charge in [-0.25, -0.2) is 4.68 Å². The number of hydrogen-bond donors (Lipinski definition) is 1. The van der Waals surface area contributed by atoms with Gasteiger partial charge in [0.1, 0.15) is 0 Å². The smallest absolute Gasteiger partial charge is 0.0645 e. The highest BCUT2D eigenvalue weighted by Crippen LogP contribution is 2.20. The maximum absolute atomic E-state index is 5.55. The third kappa shape index (κ3) is 3.62. The average molecular weight is 261 g/mol. The van der Waals surface area contributed by atoms with E-state index in [4.69, 9.17) is 5.73 Å². The minimum Gasteiger partial charge on any atom is -0.330 e. The minimum atomic E-state index is 0.626. The molecule has 0 spiro atoms. The highest BCUT2D eigenvalue weighted by Gasteiger charge is 2.02. The third-order valence-corrected chi connectivity index (χ3v) is 4.12. The molecule has 96 valence electrons. The van der Waals surface area contributed by atoms with Crippen molar-refractivity contribution in [2.75, 3.05) is 6.54 Å². The largest absolute Gasteiger partial charge is 0.330 e. The van der Waals surface area contributed by atoms with E-state index in [0.29, 0.717) is 5.25 Å². The van der Waals surface area contributed by atoms with Gasteiger partial charge in [-0.2, -0.15) is 16.9 Å². The van der Waals surface area contributed by atoms with Gasteiger partial charge in [0.05, 0.1) is 5.69 Å². The second kappa shape index (κ2) is 6.61. The van der Waals surface area contributed by atoms with Crippen LogP contribution >= 0.6 is 11.8 Å². The molecule has 0 radical (unpaired) electrons. The summed E-state index contributed by atoms with van der Waals surface area (Å²) < 4.78 is 1.87. The predicted octanol–water partition coefficient (Wildman–Crippen LogP) is 2.84. The van der Waals surface area contributed by atoms with Gasteiger partial charge in [0, 0.05) is 23.4 Å². The highest BCUT2D eigenvalue weighted by molar-refractivity contribution is 7.99.